The zero-order chi connectivity index (χ0) is 21.5. The van der Waals surface area contributed by atoms with Gasteiger partial charge < -0.3 is 10.6 Å². The van der Waals surface area contributed by atoms with E-state index in [-0.39, 0.29) is 35.1 Å². The smallest absolute Gasteiger partial charge is 0.191 e. The molecule has 2 N–H and O–H groups in total. The lowest BCUT2D eigenvalue weighted by atomic mass is 9.90. The summed E-state index contributed by atoms with van der Waals surface area (Å²) in [4.78, 5) is 6.87. The van der Waals surface area contributed by atoms with Crippen molar-refractivity contribution in [3.05, 3.63) is 35.4 Å². The third-order valence-corrected chi connectivity index (χ3v) is 6.64. The van der Waals surface area contributed by atoms with Gasteiger partial charge in [-0.15, -0.1) is 24.0 Å². The van der Waals surface area contributed by atoms with Crippen LogP contribution in [0.15, 0.2) is 29.3 Å². The summed E-state index contributed by atoms with van der Waals surface area (Å²) in [5.74, 6) is 1.02. The van der Waals surface area contributed by atoms with Crippen molar-refractivity contribution in [2.24, 2.45) is 10.4 Å². The third-order valence-electron chi connectivity index (χ3n) is 5.69. The van der Waals surface area contributed by atoms with E-state index >= 15 is 0 Å². The molecule has 1 aliphatic rings. The lowest BCUT2D eigenvalue weighted by molar-refractivity contribution is 0.198. The van der Waals surface area contributed by atoms with Crippen molar-refractivity contribution in [3.63, 3.8) is 0 Å². The number of nitrogens with one attached hydrogen (secondary N) is 2. The SMILES string of the molecule is CN=C(NCC(C)(C)CCS(C)(=O)=O)NC1CCN(Cc2ccccc2C)CC1.I. The Hall–Kier alpha value is -0.870. The fraction of sp³-hybridized carbons (Fsp3) is 0.682. The number of sulfone groups is 1. The summed E-state index contributed by atoms with van der Waals surface area (Å²) < 4.78 is 22.9. The topological polar surface area (TPSA) is 73.8 Å². The molecule has 6 nitrogen and oxygen atoms in total. The Kier molecular flexibility index (Phi) is 11.1. The number of piperidine rings is 1. The van der Waals surface area contributed by atoms with Crippen molar-refractivity contribution in [2.75, 3.05) is 38.7 Å². The normalized spacial score (nSPS) is 16.8. The number of hydrogen-bond acceptors (Lipinski definition) is 4. The van der Waals surface area contributed by atoms with E-state index in [4.69, 9.17) is 0 Å². The van der Waals surface area contributed by atoms with Gasteiger partial charge in [-0.3, -0.25) is 9.89 Å². The molecule has 0 amide bonds. The predicted molar refractivity (Wildman–Crippen MR) is 137 cm³/mol. The summed E-state index contributed by atoms with van der Waals surface area (Å²) in [7, 11) is -1.15. The summed E-state index contributed by atoms with van der Waals surface area (Å²) in [6, 6.07) is 9.02. The van der Waals surface area contributed by atoms with Crippen LogP contribution in [0, 0.1) is 12.3 Å². The molecule has 0 unspecified atom stereocenters. The molecule has 1 heterocycles. The van der Waals surface area contributed by atoms with Gasteiger partial charge in [-0.05, 0) is 42.7 Å². The molecule has 30 heavy (non-hydrogen) atoms. The quantitative estimate of drug-likeness (QED) is 0.296. The second kappa shape index (κ2) is 12.2. The van der Waals surface area contributed by atoms with Crippen molar-refractivity contribution in [2.45, 2.75) is 52.6 Å². The molecular formula is C22H39IN4O2S. The minimum atomic E-state index is -2.93. The van der Waals surface area contributed by atoms with Gasteiger partial charge in [0.2, 0.25) is 0 Å². The van der Waals surface area contributed by atoms with Gasteiger partial charge in [-0.1, -0.05) is 38.1 Å². The Morgan fingerprint density at radius 3 is 2.43 bits per heavy atom. The van der Waals surface area contributed by atoms with E-state index in [0.29, 0.717) is 19.0 Å². The van der Waals surface area contributed by atoms with Crippen LogP contribution in [-0.4, -0.2) is 64.0 Å². The lowest BCUT2D eigenvalue weighted by Crippen LogP contribution is -2.50. The highest BCUT2D eigenvalue weighted by Gasteiger charge is 2.23. The van der Waals surface area contributed by atoms with E-state index in [2.05, 4.69) is 65.6 Å². The number of likely N-dealkylation sites (tertiary alicyclic amines) is 1. The van der Waals surface area contributed by atoms with Gasteiger partial charge >= 0.3 is 0 Å². The zero-order valence-corrected chi connectivity index (χ0v) is 22.2. The van der Waals surface area contributed by atoms with Gasteiger partial charge in [0.25, 0.3) is 0 Å². The first kappa shape index (κ1) is 27.2. The van der Waals surface area contributed by atoms with Gasteiger partial charge in [0.05, 0.1) is 5.75 Å². The molecule has 0 saturated carbocycles. The molecule has 8 heteroatoms. The molecule has 0 aromatic heterocycles. The van der Waals surface area contributed by atoms with Crippen LogP contribution >= 0.6 is 24.0 Å². The molecule has 0 spiro atoms. The van der Waals surface area contributed by atoms with Gasteiger partial charge in [0.1, 0.15) is 9.84 Å². The van der Waals surface area contributed by atoms with Crippen LogP contribution in [0.25, 0.3) is 0 Å². The minimum Gasteiger partial charge on any atom is -0.356 e. The lowest BCUT2D eigenvalue weighted by Gasteiger charge is -2.34. The number of rotatable bonds is 8. The molecule has 1 aromatic rings. The van der Waals surface area contributed by atoms with Gasteiger partial charge in [0, 0.05) is 45.5 Å². The van der Waals surface area contributed by atoms with E-state index in [1.54, 1.807) is 7.05 Å². The Bertz CT molecular complexity index is 788. The standard InChI is InChI=1S/C22H38N4O2S.HI/c1-18-8-6-7-9-19(18)16-26-13-10-20(11-14-26)25-21(23-4)24-17-22(2,3)12-15-29(5,27)28;/h6-9,20H,10-17H2,1-5H3,(H2,23,24,25);1H. The molecule has 2 rings (SSSR count). The fourth-order valence-corrected chi connectivity index (χ4v) is 4.45. The number of guanidine groups is 1. The van der Waals surface area contributed by atoms with E-state index < -0.39 is 9.84 Å². The largest absolute Gasteiger partial charge is 0.356 e. The monoisotopic (exact) mass is 550 g/mol. The maximum atomic E-state index is 11.4. The molecule has 1 fully saturated rings. The maximum absolute atomic E-state index is 11.4. The molecular weight excluding hydrogens is 511 g/mol. The van der Waals surface area contributed by atoms with Crippen LogP contribution in [-0.2, 0) is 16.4 Å². The summed E-state index contributed by atoms with van der Waals surface area (Å²) in [6.45, 7) is 10.2. The summed E-state index contributed by atoms with van der Waals surface area (Å²) in [5, 5.41) is 6.92. The number of benzene rings is 1. The van der Waals surface area contributed by atoms with Crippen LogP contribution in [0.2, 0.25) is 0 Å². The van der Waals surface area contributed by atoms with Crippen molar-refractivity contribution < 1.29 is 8.42 Å². The molecule has 0 atom stereocenters. The Balaban J connectivity index is 0.00000450. The van der Waals surface area contributed by atoms with Gasteiger partial charge in [-0.25, -0.2) is 8.42 Å². The van der Waals surface area contributed by atoms with Crippen molar-refractivity contribution in [1.82, 2.24) is 15.5 Å². The van der Waals surface area contributed by atoms with E-state index in [9.17, 15) is 8.42 Å². The predicted octanol–water partition coefficient (Wildman–Crippen LogP) is 3.20. The number of aliphatic imine (C=N–C) groups is 1. The second-order valence-electron chi connectivity index (χ2n) is 9.09. The number of aryl methyl sites for hydroxylation is 1. The van der Waals surface area contributed by atoms with Crippen molar-refractivity contribution in [3.8, 4) is 0 Å². The first-order chi connectivity index (χ1) is 13.6. The first-order valence-electron chi connectivity index (χ1n) is 10.5. The summed E-state index contributed by atoms with van der Waals surface area (Å²) in [5.41, 5.74) is 2.65. The Labute approximate surface area is 200 Å². The van der Waals surface area contributed by atoms with Gasteiger partial charge in [0.15, 0.2) is 5.96 Å². The molecule has 0 aliphatic carbocycles. The van der Waals surface area contributed by atoms with Crippen LogP contribution in [0.1, 0.15) is 44.2 Å². The number of hydrogen-bond donors (Lipinski definition) is 2. The molecule has 0 bridgehead atoms. The van der Waals surface area contributed by atoms with Crippen molar-refractivity contribution >= 4 is 39.8 Å². The van der Waals surface area contributed by atoms with Crippen molar-refractivity contribution in [1.29, 1.82) is 0 Å². The van der Waals surface area contributed by atoms with Crippen LogP contribution in [0.3, 0.4) is 0 Å². The third kappa shape index (κ3) is 9.96. The maximum Gasteiger partial charge on any atom is 0.191 e. The average Bonchev–Trinajstić information content (AvgIpc) is 2.66. The highest BCUT2D eigenvalue weighted by atomic mass is 127. The Morgan fingerprint density at radius 1 is 1.23 bits per heavy atom. The number of halogens is 1. The highest BCUT2D eigenvalue weighted by Crippen LogP contribution is 2.20. The average molecular weight is 551 g/mol. The Morgan fingerprint density at radius 2 is 1.87 bits per heavy atom. The molecule has 1 aliphatic heterocycles. The molecule has 1 aromatic carbocycles. The fourth-order valence-electron chi connectivity index (χ4n) is 3.52. The first-order valence-corrected chi connectivity index (χ1v) is 12.6. The zero-order valence-electron chi connectivity index (χ0n) is 19.1. The van der Waals surface area contributed by atoms with E-state index in [1.165, 1.54) is 17.4 Å². The van der Waals surface area contributed by atoms with Crippen LogP contribution in [0.4, 0.5) is 0 Å². The summed E-state index contributed by atoms with van der Waals surface area (Å²) in [6.07, 6.45) is 4.10. The summed E-state index contributed by atoms with van der Waals surface area (Å²) >= 11 is 0. The minimum absolute atomic E-state index is 0. The highest BCUT2D eigenvalue weighted by molar-refractivity contribution is 14.0. The van der Waals surface area contributed by atoms with Crippen LogP contribution in [0.5, 0.6) is 0 Å². The van der Waals surface area contributed by atoms with E-state index in [0.717, 1.165) is 38.4 Å². The second-order valence-corrected chi connectivity index (χ2v) is 11.4. The molecule has 0 radical (unpaired) electrons. The molecule has 1 saturated heterocycles. The molecule has 172 valence electrons. The van der Waals surface area contributed by atoms with Crippen LogP contribution < -0.4 is 10.6 Å². The van der Waals surface area contributed by atoms with Gasteiger partial charge in [-0.2, -0.15) is 0 Å². The number of nitrogens with zero attached hydrogens (tertiary/aromatic N) is 2. The van der Waals surface area contributed by atoms with E-state index in [1.807, 2.05) is 0 Å².